The first kappa shape index (κ1) is 15.3. The van der Waals surface area contributed by atoms with Crippen LogP contribution in [-0.4, -0.2) is 24.2 Å². The second kappa shape index (κ2) is 4.31. The summed E-state index contributed by atoms with van der Waals surface area (Å²) in [6.45, 7) is 0. The summed E-state index contributed by atoms with van der Waals surface area (Å²) in [4.78, 5) is 21.1. The van der Waals surface area contributed by atoms with Gasteiger partial charge < -0.3 is 0 Å². The van der Waals surface area contributed by atoms with Crippen molar-refractivity contribution in [3.05, 3.63) is 0 Å². The summed E-state index contributed by atoms with van der Waals surface area (Å²) >= 11 is 0. The first-order valence-electron chi connectivity index (χ1n) is 3.53. The fraction of sp³-hybridized carbons (Fsp3) is 0.667. The molecule has 2 atom stereocenters. The Labute approximate surface area is 97.3 Å². The van der Waals surface area contributed by atoms with Crippen LogP contribution in [0.3, 0.4) is 0 Å². The third kappa shape index (κ3) is 2.72. The van der Waals surface area contributed by atoms with Gasteiger partial charge in [0, 0.05) is 19.5 Å². The van der Waals surface area contributed by atoms with Crippen molar-refractivity contribution in [1.29, 1.82) is 0 Å². The molecule has 0 aromatic carbocycles. The zero-order chi connectivity index (χ0) is 12.0. The summed E-state index contributed by atoms with van der Waals surface area (Å²) in [5.74, 6) is -10.6. The number of alkyl halides is 6. The zero-order valence-electron chi connectivity index (χ0n) is 7.45. The van der Waals surface area contributed by atoms with E-state index in [4.69, 9.17) is 0 Å². The van der Waals surface area contributed by atoms with Crippen molar-refractivity contribution in [1.82, 2.24) is 5.32 Å². The van der Waals surface area contributed by atoms with Gasteiger partial charge in [0.05, 0.1) is 0 Å². The van der Waals surface area contributed by atoms with Gasteiger partial charge in [-0.3, -0.25) is 14.9 Å². The van der Waals surface area contributed by atoms with Crippen molar-refractivity contribution in [2.75, 3.05) is 0 Å². The molecule has 1 N–H and O–H groups in total. The Bertz CT molecular complexity index is 281. The molecular formula is C6H3F6NO2Zn. The Hall–Kier alpha value is -0.657. The van der Waals surface area contributed by atoms with Crippen molar-refractivity contribution in [2.45, 2.75) is 12.4 Å². The van der Waals surface area contributed by atoms with Gasteiger partial charge in [0.1, 0.15) is 0 Å². The number of nitrogens with one attached hydrogen (secondary N) is 1. The van der Waals surface area contributed by atoms with E-state index in [-0.39, 0.29) is 19.5 Å². The minimum atomic E-state index is -5.39. The van der Waals surface area contributed by atoms with E-state index in [1.165, 1.54) is 0 Å². The van der Waals surface area contributed by atoms with Gasteiger partial charge in [0.25, 0.3) is 0 Å². The van der Waals surface area contributed by atoms with Crippen LogP contribution in [0.2, 0.25) is 0 Å². The molecule has 0 radical (unpaired) electrons. The summed E-state index contributed by atoms with van der Waals surface area (Å²) in [5, 5.41) is 1.01. The number of carbonyl (C=O) groups excluding carboxylic acids is 2. The minimum absolute atomic E-state index is 0. The number of rotatable bonds is 0. The number of imide groups is 1. The maximum absolute atomic E-state index is 12.1. The number of carbonyl (C=O) groups is 2. The summed E-state index contributed by atoms with van der Waals surface area (Å²) in [5.41, 5.74) is 0. The van der Waals surface area contributed by atoms with Gasteiger partial charge in [0.2, 0.25) is 11.8 Å². The molecular weight excluding hydrogens is 297 g/mol. The molecule has 1 saturated heterocycles. The minimum Gasteiger partial charge on any atom is -0.295 e. The second-order valence-electron chi connectivity index (χ2n) is 2.89. The Morgan fingerprint density at radius 2 is 1.06 bits per heavy atom. The van der Waals surface area contributed by atoms with E-state index >= 15 is 0 Å². The van der Waals surface area contributed by atoms with Gasteiger partial charge in [-0.2, -0.15) is 26.3 Å². The van der Waals surface area contributed by atoms with E-state index in [9.17, 15) is 35.9 Å². The Morgan fingerprint density at radius 1 is 0.812 bits per heavy atom. The molecule has 2 unspecified atom stereocenters. The fourth-order valence-corrected chi connectivity index (χ4v) is 1.25. The third-order valence-electron chi connectivity index (χ3n) is 1.85. The van der Waals surface area contributed by atoms with Crippen LogP contribution in [0.5, 0.6) is 0 Å². The summed E-state index contributed by atoms with van der Waals surface area (Å²) < 4.78 is 72.3. The molecule has 1 aliphatic rings. The van der Waals surface area contributed by atoms with Gasteiger partial charge in [-0.05, 0) is 0 Å². The van der Waals surface area contributed by atoms with Crippen molar-refractivity contribution < 1.29 is 55.4 Å². The molecule has 88 valence electrons. The van der Waals surface area contributed by atoms with E-state index in [1.807, 2.05) is 0 Å². The van der Waals surface area contributed by atoms with Gasteiger partial charge in [-0.25, -0.2) is 0 Å². The molecule has 2 amide bonds. The number of hydrogen-bond acceptors (Lipinski definition) is 2. The van der Waals surface area contributed by atoms with Gasteiger partial charge >= 0.3 is 12.4 Å². The first-order chi connectivity index (χ1) is 6.55. The number of amides is 2. The van der Waals surface area contributed by atoms with Crippen molar-refractivity contribution >= 4 is 11.8 Å². The predicted octanol–water partition coefficient (Wildman–Crippen LogP) is 0.997. The van der Waals surface area contributed by atoms with Gasteiger partial charge in [-0.1, -0.05) is 0 Å². The van der Waals surface area contributed by atoms with E-state index < -0.39 is 36.0 Å². The maximum atomic E-state index is 12.1. The second-order valence-corrected chi connectivity index (χ2v) is 2.89. The zero-order valence-corrected chi connectivity index (χ0v) is 10.4. The maximum Gasteiger partial charge on any atom is 0.401 e. The molecule has 0 aliphatic carbocycles. The Kier molecular flexibility index (Phi) is 4.13. The summed E-state index contributed by atoms with van der Waals surface area (Å²) in [7, 11) is 0. The van der Waals surface area contributed by atoms with Crippen LogP contribution in [0.1, 0.15) is 0 Å². The Morgan fingerprint density at radius 3 is 1.25 bits per heavy atom. The van der Waals surface area contributed by atoms with Crippen molar-refractivity contribution in [3.63, 3.8) is 0 Å². The summed E-state index contributed by atoms with van der Waals surface area (Å²) in [6, 6.07) is 0. The third-order valence-corrected chi connectivity index (χ3v) is 1.85. The molecule has 1 aliphatic heterocycles. The molecule has 0 saturated carbocycles. The van der Waals surface area contributed by atoms with Crippen LogP contribution < -0.4 is 5.32 Å². The molecule has 1 heterocycles. The van der Waals surface area contributed by atoms with Crippen molar-refractivity contribution in [2.24, 2.45) is 11.8 Å². The van der Waals surface area contributed by atoms with Crippen molar-refractivity contribution in [3.8, 4) is 0 Å². The normalized spacial score (nSPS) is 26.4. The van der Waals surface area contributed by atoms with Gasteiger partial charge in [0.15, 0.2) is 11.8 Å². The topological polar surface area (TPSA) is 46.2 Å². The van der Waals surface area contributed by atoms with Gasteiger partial charge in [-0.15, -0.1) is 0 Å². The van der Waals surface area contributed by atoms with Crippen LogP contribution in [0, 0.1) is 11.8 Å². The number of halogens is 6. The molecule has 0 spiro atoms. The molecule has 0 aromatic heterocycles. The molecule has 3 nitrogen and oxygen atoms in total. The quantitative estimate of drug-likeness (QED) is 0.412. The smallest absolute Gasteiger partial charge is 0.295 e. The molecule has 10 heteroatoms. The standard InChI is InChI=1S/C6H3F6NO2.Zn/c7-5(8,9)1-2(6(10,11)12)4(15)13-3(1)14;/h1-2H,(H,13,14,15);. The summed E-state index contributed by atoms with van der Waals surface area (Å²) in [6.07, 6.45) is -10.8. The largest absolute Gasteiger partial charge is 0.401 e. The first-order valence-corrected chi connectivity index (χ1v) is 3.53. The molecule has 1 fully saturated rings. The van der Waals surface area contributed by atoms with Crippen LogP contribution in [0.15, 0.2) is 0 Å². The molecule has 1 rings (SSSR count). The predicted molar refractivity (Wildman–Crippen MR) is 32.2 cm³/mol. The van der Waals surface area contributed by atoms with E-state index in [1.54, 1.807) is 0 Å². The molecule has 16 heavy (non-hydrogen) atoms. The van der Waals surface area contributed by atoms with Crippen LogP contribution in [0.25, 0.3) is 0 Å². The van der Waals surface area contributed by atoms with Crippen LogP contribution >= 0.6 is 0 Å². The Balaban J connectivity index is 0.00000225. The average Bonchev–Trinajstić information content (AvgIpc) is 2.22. The van der Waals surface area contributed by atoms with E-state index in [0.717, 1.165) is 5.32 Å². The van der Waals surface area contributed by atoms with E-state index in [0.29, 0.717) is 0 Å². The van der Waals surface area contributed by atoms with Crippen LogP contribution in [0.4, 0.5) is 26.3 Å². The molecule has 0 aromatic rings. The SMILES string of the molecule is O=C1NC(=O)C(C(F)(F)F)C1C(F)(F)F.[Zn]. The average molecular weight is 300 g/mol. The monoisotopic (exact) mass is 299 g/mol. The number of hydrogen-bond donors (Lipinski definition) is 1. The van der Waals surface area contributed by atoms with E-state index in [2.05, 4.69) is 0 Å². The fourth-order valence-electron chi connectivity index (χ4n) is 1.25. The van der Waals surface area contributed by atoms with Crippen LogP contribution in [-0.2, 0) is 29.1 Å². The molecule has 0 bridgehead atoms.